The van der Waals surface area contributed by atoms with Crippen LogP contribution in [0.25, 0.3) is 6.08 Å². The second-order valence-electron chi connectivity index (χ2n) is 5.30. The van der Waals surface area contributed by atoms with Crippen molar-refractivity contribution >= 4 is 12.0 Å². The lowest BCUT2D eigenvalue weighted by molar-refractivity contribution is 0.0958. The minimum Gasteiger partial charge on any atom is -0.349 e. The topological polar surface area (TPSA) is 29.1 Å². The third kappa shape index (κ3) is 4.60. The average molecular weight is 279 g/mol. The van der Waals surface area contributed by atoms with Crippen LogP contribution in [0.3, 0.4) is 0 Å². The zero-order valence-corrected chi connectivity index (χ0v) is 12.5. The first-order chi connectivity index (χ1) is 10.2. The van der Waals surface area contributed by atoms with Gasteiger partial charge in [0.05, 0.1) is 0 Å². The highest BCUT2D eigenvalue weighted by Gasteiger charge is 2.04. The van der Waals surface area contributed by atoms with E-state index in [9.17, 15) is 4.79 Å². The Kier molecular flexibility index (Phi) is 5.33. The van der Waals surface area contributed by atoms with Crippen molar-refractivity contribution in [3.63, 3.8) is 0 Å². The molecule has 0 aliphatic carbocycles. The second-order valence-corrected chi connectivity index (χ2v) is 5.30. The molecule has 0 atom stereocenters. The molecule has 108 valence electrons. The fourth-order valence-electron chi connectivity index (χ4n) is 2.03. The molecule has 0 aliphatic rings. The first-order valence-electron chi connectivity index (χ1n) is 7.26. The minimum atomic E-state index is -0.0389. The van der Waals surface area contributed by atoms with Gasteiger partial charge in [0.15, 0.2) is 0 Å². The highest BCUT2D eigenvalue weighted by Crippen LogP contribution is 2.14. The minimum absolute atomic E-state index is 0.0389. The first-order valence-corrected chi connectivity index (χ1v) is 7.26. The third-order valence-corrected chi connectivity index (χ3v) is 3.33. The Balaban J connectivity index is 1.86. The van der Waals surface area contributed by atoms with Gasteiger partial charge in [-0.05, 0) is 29.2 Å². The van der Waals surface area contributed by atoms with Gasteiger partial charge in [0.2, 0.25) is 0 Å². The second kappa shape index (κ2) is 7.44. The number of benzene rings is 2. The average Bonchev–Trinajstić information content (AvgIpc) is 2.52. The molecule has 21 heavy (non-hydrogen) atoms. The maximum Gasteiger partial charge on any atom is 0.251 e. The summed E-state index contributed by atoms with van der Waals surface area (Å²) in [6.45, 7) is 4.81. The lowest BCUT2D eigenvalue weighted by atomic mass is 10.0. The van der Waals surface area contributed by atoms with Gasteiger partial charge in [-0.15, -0.1) is 0 Å². The lowest BCUT2D eigenvalue weighted by Gasteiger charge is -2.06. The third-order valence-electron chi connectivity index (χ3n) is 3.33. The molecule has 0 fully saturated rings. The molecule has 0 heterocycles. The monoisotopic (exact) mass is 279 g/mol. The molecule has 1 amide bonds. The van der Waals surface area contributed by atoms with Crippen molar-refractivity contribution in [2.75, 3.05) is 6.54 Å². The Morgan fingerprint density at radius 1 is 1.05 bits per heavy atom. The molecule has 1 N–H and O–H groups in total. The molecule has 2 nitrogen and oxygen atoms in total. The van der Waals surface area contributed by atoms with Crippen molar-refractivity contribution in [2.45, 2.75) is 19.8 Å². The van der Waals surface area contributed by atoms with E-state index in [0.717, 1.165) is 5.56 Å². The number of carbonyl (C=O) groups is 1. The molecular weight excluding hydrogens is 258 g/mol. The molecule has 0 bridgehead atoms. The van der Waals surface area contributed by atoms with Crippen molar-refractivity contribution < 1.29 is 4.79 Å². The molecule has 2 aromatic carbocycles. The molecule has 0 saturated carbocycles. The lowest BCUT2D eigenvalue weighted by Crippen LogP contribution is -2.23. The quantitative estimate of drug-likeness (QED) is 0.871. The highest BCUT2D eigenvalue weighted by molar-refractivity contribution is 5.94. The molecule has 0 saturated heterocycles. The summed E-state index contributed by atoms with van der Waals surface area (Å²) >= 11 is 0. The largest absolute Gasteiger partial charge is 0.349 e. The van der Waals surface area contributed by atoms with Crippen LogP contribution in [-0.4, -0.2) is 12.5 Å². The van der Waals surface area contributed by atoms with Crippen LogP contribution >= 0.6 is 0 Å². The standard InChI is InChI=1S/C19H21NO/c1-15(2)17-10-12-18(13-11-17)19(21)20-14-6-9-16-7-4-3-5-8-16/h3-13,15H,14H2,1-2H3,(H,20,21). The molecule has 0 unspecified atom stereocenters. The summed E-state index contributed by atoms with van der Waals surface area (Å²) in [7, 11) is 0. The number of nitrogens with one attached hydrogen (secondary N) is 1. The Morgan fingerprint density at radius 2 is 1.71 bits per heavy atom. The van der Waals surface area contributed by atoms with Crippen LogP contribution < -0.4 is 5.32 Å². The van der Waals surface area contributed by atoms with Gasteiger partial charge in [-0.2, -0.15) is 0 Å². The number of carbonyl (C=O) groups excluding carboxylic acids is 1. The van der Waals surface area contributed by atoms with Gasteiger partial charge in [0.25, 0.3) is 5.91 Å². The van der Waals surface area contributed by atoms with E-state index < -0.39 is 0 Å². The summed E-state index contributed by atoms with van der Waals surface area (Å²) in [4.78, 5) is 12.0. The molecule has 0 radical (unpaired) electrons. The van der Waals surface area contributed by atoms with Gasteiger partial charge in [-0.3, -0.25) is 4.79 Å². The van der Waals surface area contributed by atoms with E-state index in [-0.39, 0.29) is 5.91 Å². The van der Waals surface area contributed by atoms with Crippen molar-refractivity contribution in [3.8, 4) is 0 Å². The molecule has 0 spiro atoms. The van der Waals surface area contributed by atoms with Crippen molar-refractivity contribution in [1.29, 1.82) is 0 Å². The van der Waals surface area contributed by atoms with E-state index in [0.29, 0.717) is 18.0 Å². The Morgan fingerprint density at radius 3 is 2.33 bits per heavy atom. The van der Waals surface area contributed by atoms with E-state index in [1.807, 2.05) is 66.7 Å². The van der Waals surface area contributed by atoms with E-state index in [1.165, 1.54) is 5.56 Å². The van der Waals surface area contributed by atoms with Gasteiger partial charge in [-0.25, -0.2) is 0 Å². The molecule has 0 aliphatic heterocycles. The van der Waals surface area contributed by atoms with Gasteiger partial charge in [-0.1, -0.05) is 68.5 Å². The Bertz CT molecular complexity index is 597. The highest BCUT2D eigenvalue weighted by atomic mass is 16.1. The van der Waals surface area contributed by atoms with Crippen LogP contribution in [0, 0.1) is 0 Å². The molecule has 0 aromatic heterocycles. The SMILES string of the molecule is CC(C)c1ccc(C(=O)NCC=Cc2ccccc2)cc1. The van der Waals surface area contributed by atoms with Crippen LogP contribution in [0.5, 0.6) is 0 Å². The van der Waals surface area contributed by atoms with Crippen LogP contribution in [0.1, 0.15) is 41.3 Å². The number of amides is 1. The summed E-state index contributed by atoms with van der Waals surface area (Å²) in [6.07, 6.45) is 3.96. The summed E-state index contributed by atoms with van der Waals surface area (Å²) in [5, 5.41) is 2.89. The first kappa shape index (κ1) is 15.0. The number of hydrogen-bond acceptors (Lipinski definition) is 1. The van der Waals surface area contributed by atoms with Gasteiger partial charge in [0.1, 0.15) is 0 Å². The fraction of sp³-hybridized carbons (Fsp3) is 0.211. The predicted molar refractivity (Wildman–Crippen MR) is 88.3 cm³/mol. The zero-order valence-electron chi connectivity index (χ0n) is 12.5. The van der Waals surface area contributed by atoms with E-state index in [4.69, 9.17) is 0 Å². The Labute approximate surface area is 126 Å². The van der Waals surface area contributed by atoms with Crippen LogP contribution in [0.2, 0.25) is 0 Å². The van der Waals surface area contributed by atoms with Crippen LogP contribution in [-0.2, 0) is 0 Å². The van der Waals surface area contributed by atoms with E-state index in [2.05, 4.69) is 19.2 Å². The molecule has 2 rings (SSSR count). The van der Waals surface area contributed by atoms with Crippen LogP contribution in [0.15, 0.2) is 60.7 Å². The maximum atomic E-state index is 12.0. The van der Waals surface area contributed by atoms with Crippen molar-refractivity contribution in [1.82, 2.24) is 5.32 Å². The maximum absolute atomic E-state index is 12.0. The Hall–Kier alpha value is -2.35. The van der Waals surface area contributed by atoms with Gasteiger partial charge >= 0.3 is 0 Å². The van der Waals surface area contributed by atoms with Gasteiger partial charge in [0, 0.05) is 12.1 Å². The molecule has 2 aromatic rings. The van der Waals surface area contributed by atoms with Crippen molar-refractivity contribution in [2.24, 2.45) is 0 Å². The summed E-state index contributed by atoms with van der Waals surface area (Å²) in [5.74, 6) is 0.443. The summed E-state index contributed by atoms with van der Waals surface area (Å²) in [6, 6.07) is 17.8. The molecular formula is C19H21NO. The normalized spacial score (nSPS) is 11.0. The summed E-state index contributed by atoms with van der Waals surface area (Å²) < 4.78 is 0. The number of hydrogen-bond donors (Lipinski definition) is 1. The van der Waals surface area contributed by atoms with Crippen molar-refractivity contribution in [3.05, 3.63) is 77.4 Å². The zero-order chi connectivity index (χ0) is 15.1. The predicted octanol–water partition coefficient (Wildman–Crippen LogP) is 4.25. The smallest absolute Gasteiger partial charge is 0.251 e. The summed E-state index contributed by atoms with van der Waals surface area (Å²) in [5.41, 5.74) is 3.08. The molecule has 2 heteroatoms. The van der Waals surface area contributed by atoms with Gasteiger partial charge < -0.3 is 5.32 Å². The fourth-order valence-corrected chi connectivity index (χ4v) is 2.03. The number of rotatable bonds is 5. The van der Waals surface area contributed by atoms with E-state index in [1.54, 1.807) is 0 Å². The van der Waals surface area contributed by atoms with E-state index >= 15 is 0 Å². The van der Waals surface area contributed by atoms with Crippen LogP contribution in [0.4, 0.5) is 0 Å².